The van der Waals surface area contributed by atoms with Gasteiger partial charge < -0.3 is 9.14 Å². The number of hydrogen-bond donors (Lipinski definition) is 0. The van der Waals surface area contributed by atoms with Crippen molar-refractivity contribution in [1.82, 2.24) is 4.40 Å². The summed E-state index contributed by atoms with van der Waals surface area (Å²) >= 11 is 0. The van der Waals surface area contributed by atoms with Crippen molar-refractivity contribution in [1.29, 1.82) is 5.26 Å². The Labute approximate surface area is 175 Å². The van der Waals surface area contributed by atoms with Crippen LogP contribution < -0.4 is 4.74 Å². The van der Waals surface area contributed by atoms with Crippen LogP contribution in [0.15, 0.2) is 85.1 Å². The molecule has 2 heterocycles. The van der Waals surface area contributed by atoms with Crippen molar-refractivity contribution in [3.05, 3.63) is 96.3 Å². The normalized spacial score (nSPS) is 11.0. The van der Waals surface area contributed by atoms with Crippen LogP contribution in [-0.2, 0) is 0 Å². The number of hydrogen-bond acceptors (Lipinski definition) is 2. The number of methoxy groups -OCH3 is 1. The maximum atomic E-state index is 9.71. The zero-order valence-corrected chi connectivity index (χ0v) is 16.9. The fourth-order valence-corrected chi connectivity index (χ4v) is 4.16. The standard InChI is InChI=1S/C27H20N2O/c1-18-14-22(16-28)27-24-13-10-21(19-6-4-3-5-7-19)15-25(24)26(17-29(18)27)20-8-11-23(30-2)12-9-20/h3-15,17H,1-2H3. The van der Waals surface area contributed by atoms with Crippen LogP contribution in [0.3, 0.4) is 0 Å². The molecule has 0 spiro atoms. The van der Waals surface area contributed by atoms with Crippen LogP contribution in [0.2, 0.25) is 0 Å². The summed E-state index contributed by atoms with van der Waals surface area (Å²) in [6.07, 6.45) is 2.14. The molecule has 0 bridgehead atoms. The molecule has 0 saturated carbocycles. The van der Waals surface area contributed by atoms with Crippen LogP contribution in [0.5, 0.6) is 5.75 Å². The van der Waals surface area contributed by atoms with E-state index in [1.807, 2.05) is 31.2 Å². The number of nitrogens with zero attached hydrogens (tertiary/aromatic N) is 2. The van der Waals surface area contributed by atoms with Gasteiger partial charge in [0, 0.05) is 22.8 Å². The average molecular weight is 388 g/mol. The fraction of sp³-hybridized carbons (Fsp3) is 0.0741. The molecule has 3 aromatic carbocycles. The topological polar surface area (TPSA) is 37.4 Å². The first-order valence-corrected chi connectivity index (χ1v) is 9.88. The van der Waals surface area contributed by atoms with Gasteiger partial charge in [-0.1, -0.05) is 54.6 Å². The third-order valence-electron chi connectivity index (χ3n) is 5.68. The molecule has 0 radical (unpaired) electrons. The monoisotopic (exact) mass is 388 g/mol. The van der Waals surface area contributed by atoms with Gasteiger partial charge in [0.15, 0.2) is 0 Å². The van der Waals surface area contributed by atoms with Gasteiger partial charge >= 0.3 is 0 Å². The second-order valence-corrected chi connectivity index (χ2v) is 7.43. The molecule has 0 fully saturated rings. The lowest BCUT2D eigenvalue weighted by molar-refractivity contribution is 0.415. The Hall–Kier alpha value is -4.03. The summed E-state index contributed by atoms with van der Waals surface area (Å²) in [5, 5.41) is 11.9. The van der Waals surface area contributed by atoms with Gasteiger partial charge in [-0.2, -0.15) is 5.26 Å². The van der Waals surface area contributed by atoms with E-state index in [4.69, 9.17) is 4.74 Å². The Morgan fingerprint density at radius 2 is 1.53 bits per heavy atom. The first-order chi connectivity index (χ1) is 14.7. The van der Waals surface area contributed by atoms with E-state index in [1.54, 1.807) is 7.11 Å². The second kappa shape index (κ2) is 7.09. The van der Waals surface area contributed by atoms with Crippen molar-refractivity contribution >= 4 is 16.3 Å². The molecule has 0 aliphatic carbocycles. The van der Waals surface area contributed by atoms with E-state index in [9.17, 15) is 5.26 Å². The summed E-state index contributed by atoms with van der Waals surface area (Å²) in [5.41, 5.74) is 7.27. The van der Waals surface area contributed by atoms with Crippen LogP contribution in [0.1, 0.15) is 11.3 Å². The lowest BCUT2D eigenvalue weighted by Crippen LogP contribution is -1.93. The summed E-state index contributed by atoms with van der Waals surface area (Å²) in [5.74, 6) is 0.831. The Bertz CT molecular complexity index is 1420. The van der Waals surface area contributed by atoms with Gasteiger partial charge in [-0.15, -0.1) is 0 Å². The molecule has 0 N–H and O–H groups in total. The van der Waals surface area contributed by atoms with Gasteiger partial charge in [0.1, 0.15) is 11.8 Å². The number of fused-ring (bicyclic) bond motifs is 3. The zero-order chi connectivity index (χ0) is 20.7. The largest absolute Gasteiger partial charge is 0.497 e. The van der Waals surface area contributed by atoms with E-state index in [2.05, 4.69) is 71.3 Å². The van der Waals surface area contributed by atoms with Crippen LogP contribution in [-0.4, -0.2) is 11.5 Å². The molecular formula is C27H20N2O. The number of nitriles is 1. The predicted octanol–water partition coefficient (Wildman–Crippen LogP) is 6.62. The van der Waals surface area contributed by atoms with Crippen molar-refractivity contribution in [3.8, 4) is 34.1 Å². The van der Waals surface area contributed by atoms with Crippen LogP contribution in [0.4, 0.5) is 0 Å². The van der Waals surface area contributed by atoms with Crippen molar-refractivity contribution in [3.63, 3.8) is 0 Å². The molecule has 5 aromatic rings. The van der Waals surface area contributed by atoms with Gasteiger partial charge in [-0.3, -0.25) is 0 Å². The Kier molecular flexibility index (Phi) is 4.26. The minimum Gasteiger partial charge on any atom is -0.497 e. The highest BCUT2D eigenvalue weighted by Crippen LogP contribution is 2.37. The summed E-state index contributed by atoms with van der Waals surface area (Å²) in [7, 11) is 1.68. The van der Waals surface area contributed by atoms with E-state index >= 15 is 0 Å². The van der Waals surface area contributed by atoms with E-state index in [-0.39, 0.29) is 0 Å². The minimum atomic E-state index is 0.700. The molecule has 0 unspecified atom stereocenters. The van der Waals surface area contributed by atoms with Gasteiger partial charge in [0.25, 0.3) is 0 Å². The average Bonchev–Trinajstić information content (AvgIpc) is 3.14. The summed E-state index contributed by atoms with van der Waals surface area (Å²) in [6, 6.07) is 29.3. The molecule has 3 nitrogen and oxygen atoms in total. The van der Waals surface area contributed by atoms with E-state index < -0.39 is 0 Å². The zero-order valence-electron chi connectivity index (χ0n) is 16.9. The number of rotatable bonds is 3. The van der Waals surface area contributed by atoms with Crippen LogP contribution in [0.25, 0.3) is 38.5 Å². The smallest absolute Gasteiger partial charge is 0.118 e. The molecule has 0 saturated heterocycles. The first-order valence-electron chi connectivity index (χ1n) is 9.88. The van der Waals surface area contributed by atoms with E-state index in [1.165, 1.54) is 5.56 Å². The van der Waals surface area contributed by atoms with Crippen LogP contribution >= 0.6 is 0 Å². The Balaban J connectivity index is 1.87. The van der Waals surface area contributed by atoms with E-state index in [0.29, 0.717) is 5.56 Å². The van der Waals surface area contributed by atoms with Crippen molar-refractivity contribution in [2.24, 2.45) is 0 Å². The fourth-order valence-electron chi connectivity index (χ4n) is 4.16. The molecule has 0 aliphatic rings. The molecule has 2 aromatic heterocycles. The van der Waals surface area contributed by atoms with Crippen molar-refractivity contribution in [2.45, 2.75) is 6.92 Å². The quantitative estimate of drug-likeness (QED) is 0.348. The van der Waals surface area contributed by atoms with Crippen molar-refractivity contribution in [2.75, 3.05) is 7.11 Å². The minimum absolute atomic E-state index is 0.700. The summed E-state index contributed by atoms with van der Waals surface area (Å²) < 4.78 is 7.46. The number of ether oxygens (including phenoxy) is 1. The SMILES string of the molecule is COc1ccc(-c2cn3c(C)cc(C#N)c3c3ccc(-c4ccccc4)cc23)cc1. The van der Waals surface area contributed by atoms with Gasteiger partial charge in [-0.25, -0.2) is 0 Å². The lowest BCUT2D eigenvalue weighted by atomic mass is 9.95. The molecule has 0 amide bonds. The highest BCUT2D eigenvalue weighted by Gasteiger charge is 2.15. The highest BCUT2D eigenvalue weighted by molar-refractivity contribution is 6.07. The van der Waals surface area contributed by atoms with Gasteiger partial charge in [-0.05, 0) is 53.3 Å². The van der Waals surface area contributed by atoms with Crippen molar-refractivity contribution < 1.29 is 4.74 Å². The summed E-state index contributed by atoms with van der Waals surface area (Å²) in [6.45, 7) is 2.04. The molecule has 5 rings (SSSR count). The first kappa shape index (κ1) is 18.0. The van der Waals surface area contributed by atoms with Gasteiger partial charge in [0.05, 0.1) is 18.2 Å². The van der Waals surface area contributed by atoms with Gasteiger partial charge in [0.2, 0.25) is 0 Å². The highest BCUT2D eigenvalue weighted by atomic mass is 16.5. The molecular weight excluding hydrogens is 368 g/mol. The lowest BCUT2D eigenvalue weighted by Gasteiger charge is -2.13. The number of pyridine rings is 1. The summed E-state index contributed by atoms with van der Waals surface area (Å²) in [4.78, 5) is 0. The van der Waals surface area contributed by atoms with Crippen LogP contribution in [0, 0.1) is 18.3 Å². The molecule has 3 heteroatoms. The second-order valence-electron chi connectivity index (χ2n) is 7.43. The molecule has 30 heavy (non-hydrogen) atoms. The number of benzene rings is 3. The Morgan fingerprint density at radius 1 is 0.800 bits per heavy atom. The third kappa shape index (κ3) is 2.82. The maximum absolute atomic E-state index is 9.71. The molecule has 144 valence electrons. The molecule has 0 atom stereocenters. The third-order valence-corrected chi connectivity index (χ3v) is 5.68. The Morgan fingerprint density at radius 3 is 2.23 bits per heavy atom. The number of aryl methyl sites for hydroxylation is 1. The number of aromatic nitrogens is 1. The molecule has 0 aliphatic heterocycles. The van der Waals surface area contributed by atoms with E-state index in [0.717, 1.165) is 44.4 Å². The predicted molar refractivity (Wildman–Crippen MR) is 122 cm³/mol. The maximum Gasteiger partial charge on any atom is 0.118 e.